The zero-order valence-corrected chi connectivity index (χ0v) is 7.24. The molecule has 0 aromatic heterocycles. The second-order valence-corrected chi connectivity index (χ2v) is 9.02. The van der Waals surface area contributed by atoms with E-state index in [1.807, 2.05) is 25.4 Å². The van der Waals surface area contributed by atoms with Crippen LogP contribution >= 0.6 is 5.39 Å². The summed E-state index contributed by atoms with van der Waals surface area (Å²) in [5.41, 5.74) is 0. The first-order chi connectivity index (χ1) is 2.94. The maximum atomic E-state index is 4.96. The molecule has 0 radical (unpaired) electrons. The molecule has 0 bridgehead atoms. The summed E-state index contributed by atoms with van der Waals surface area (Å²) >= 11 is 9.92. The van der Waals surface area contributed by atoms with Gasteiger partial charge in [-0.05, 0) is 20.8 Å². The fraction of sp³-hybridized carbons (Fsp3) is 1.00. The van der Waals surface area contributed by atoms with E-state index in [9.17, 15) is 0 Å². The largest absolute Gasteiger partial charge is 0.732 e. The topological polar surface area (TPSA) is 3.24 Å². The van der Waals surface area contributed by atoms with E-state index < -0.39 is 5.39 Å². The van der Waals surface area contributed by atoms with Gasteiger partial charge in [0.15, 0.2) is 0 Å². The highest BCUT2D eigenvalue weighted by Crippen LogP contribution is 2.39. The second-order valence-electron chi connectivity index (χ2n) is 1.65. The van der Waals surface area contributed by atoms with Crippen LogP contribution in [0.3, 0.4) is 0 Å². The van der Waals surface area contributed by atoms with Crippen LogP contribution in [0.15, 0.2) is 0 Å². The van der Waals surface area contributed by atoms with E-state index in [2.05, 4.69) is 0 Å². The molecular weight excluding hydrogens is 145 g/mol. The van der Waals surface area contributed by atoms with Crippen LogP contribution in [0.1, 0.15) is 0 Å². The van der Waals surface area contributed by atoms with E-state index >= 15 is 0 Å². The van der Waals surface area contributed by atoms with Crippen molar-refractivity contribution < 1.29 is 0 Å². The lowest BCUT2D eigenvalue weighted by Crippen LogP contribution is -2.03. The van der Waals surface area contributed by atoms with Gasteiger partial charge in [-0.3, -0.25) is 0 Å². The first kappa shape index (κ1) is 7.96. The molecule has 4 heteroatoms. The minimum absolute atomic E-state index is 1.49. The highest BCUT2D eigenvalue weighted by atomic mass is 32.9. The molecule has 0 rings (SSSR count). The average Bonchev–Trinajstić information content (AvgIpc) is 1.31. The highest BCUT2D eigenvalue weighted by Gasteiger charge is 1.90. The summed E-state index contributed by atoms with van der Waals surface area (Å²) in [5.74, 6) is 0. The Balaban J connectivity index is 3.80. The lowest BCUT2D eigenvalue weighted by molar-refractivity contribution is 0.689. The average molecular weight is 154 g/mol. The van der Waals surface area contributed by atoms with E-state index in [1.165, 1.54) is 0 Å². The van der Waals surface area contributed by atoms with Gasteiger partial charge in [-0.15, -0.1) is 17.2 Å². The van der Waals surface area contributed by atoms with Crippen molar-refractivity contribution in [1.82, 2.24) is 4.67 Å². The third kappa shape index (κ3) is 3.53. The van der Waals surface area contributed by atoms with Gasteiger partial charge < -0.3 is 16.9 Å². The van der Waals surface area contributed by atoms with Crippen molar-refractivity contribution in [2.45, 2.75) is 0 Å². The molecule has 0 N–H and O–H groups in total. The van der Waals surface area contributed by atoms with Crippen LogP contribution in [-0.4, -0.2) is 25.4 Å². The molecule has 1 atom stereocenters. The minimum atomic E-state index is -1.49. The third-order valence-corrected chi connectivity index (χ3v) is 4.14. The monoisotopic (exact) mass is 154 g/mol. The normalized spacial score (nSPS) is 19.6. The van der Waals surface area contributed by atoms with E-state index in [4.69, 9.17) is 24.1 Å². The van der Waals surface area contributed by atoms with Crippen LogP contribution in [0.5, 0.6) is 0 Å². The molecule has 0 fully saturated rings. The predicted molar refractivity (Wildman–Crippen MR) is 41.3 cm³/mol. The molecule has 1 nitrogen and oxygen atoms in total. The molecule has 1 unspecified atom stereocenters. The van der Waals surface area contributed by atoms with Crippen molar-refractivity contribution in [1.29, 1.82) is 0 Å². The third-order valence-electron chi connectivity index (χ3n) is 0.727. The second kappa shape index (κ2) is 2.49. The van der Waals surface area contributed by atoms with Gasteiger partial charge in [0.2, 0.25) is 0 Å². The summed E-state index contributed by atoms with van der Waals surface area (Å²) in [4.78, 5) is 0. The van der Waals surface area contributed by atoms with E-state index in [0.29, 0.717) is 0 Å². The van der Waals surface area contributed by atoms with Crippen LogP contribution < -0.4 is 0 Å². The van der Waals surface area contributed by atoms with Gasteiger partial charge in [-0.1, -0.05) is 0 Å². The van der Waals surface area contributed by atoms with Crippen molar-refractivity contribution in [3.05, 3.63) is 0 Å². The summed E-state index contributed by atoms with van der Waals surface area (Å²) in [5, 5.41) is -1.49. The first-order valence-corrected chi connectivity index (χ1v) is 6.12. The number of rotatable bonds is 1. The van der Waals surface area contributed by atoms with Crippen LogP contribution in [-0.2, 0) is 24.1 Å². The zero-order chi connectivity index (χ0) is 6.08. The lowest BCUT2D eigenvalue weighted by atomic mass is 11.3. The van der Waals surface area contributed by atoms with Gasteiger partial charge in [-0.25, -0.2) is 0 Å². The number of hydrogen-bond acceptors (Lipinski definition) is 2. The van der Waals surface area contributed by atoms with E-state index in [-0.39, 0.29) is 0 Å². The smallest absolute Gasteiger partial charge is 0.0108 e. The number of hydrogen-bond donors (Lipinski definition) is 0. The number of nitrogens with zero attached hydrogens (tertiary/aromatic N) is 1. The molecule has 0 aliphatic rings. The molecule has 44 valence electrons. The Morgan fingerprint density at radius 1 is 1.57 bits per heavy atom. The summed E-state index contributed by atoms with van der Waals surface area (Å²) in [6.07, 6.45) is 0. The van der Waals surface area contributed by atoms with Crippen molar-refractivity contribution in [3.63, 3.8) is 0 Å². The van der Waals surface area contributed by atoms with Gasteiger partial charge in [0.05, 0.1) is 0 Å². The van der Waals surface area contributed by atoms with Crippen LogP contribution in [0, 0.1) is 0 Å². The van der Waals surface area contributed by atoms with Gasteiger partial charge in [0, 0.05) is 0 Å². The summed E-state index contributed by atoms with van der Waals surface area (Å²) in [6, 6.07) is 0. The molecule has 0 spiro atoms. The molecular formula is C3H9NPS2-. The van der Waals surface area contributed by atoms with Crippen LogP contribution in [0.25, 0.3) is 0 Å². The van der Waals surface area contributed by atoms with E-state index in [1.54, 1.807) is 0 Å². The molecule has 0 saturated heterocycles. The molecule has 7 heavy (non-hydrogen) atoms. The quantitative estimate of drug-likeness (QED) is 0.410. The molecule has 0 aromatic rings. The fourth-order valence-electron chi connectivity index (χ4n) is 0. The minimum Gasteiger partial charge on any atom is -0.732 e. The molecule has 0 aromatic carbocycles. The Bertz CT molecular complexity index is 95.1. The SMILES string of the molecule is CN(C)P(C)(=S)[S-]. The van der Waals surface area contributed by atoms with Crippen molar-refractivity contribution in [2.75, 3.05) is 20.8 Å². The summed E-state index contributed by atoms with van der Waals surface area (Å²) < 4.78 is 1.93. The molecule has 0 aliphatic heterocycles. The maximum Gasteiger partial charge on any atom is -0.0108 e. The Labute approximate surface area is 55.3 Å². The Morgan fingerprint density at radius 2 is 1.71 bits per heavy atom. The van der Waals surface area contributed by atoms with Crippen LogP contribution in [0.4, 0.5) is 0 Å². The summed E-state index contributed by atoms with van der Waals surface area (Å²) in [6.45, 7) is 1.93. The Hall–Kier alpha value is 0.960. The van der Waals surface area contributed by atoms with Crippen molar-refractivity contribution in [3.8, 4) is 0 Å². The summed E-state index contributed by atoms with van der Waals surface area (Å²) in [7, 11) is 3.85. The van der Waals surface area contributed by atoms with Crippen molar-refractivity contribution in [2.24, 2.45) is 0 Å². The standard InChI is InChI=1S/C3H10NPS2/c1-4(2)5(3,6)7/h1-3H3,(H,6,7)/p-1. The Kier molecular flexibility index (Phi) is 2.83. The fourth-order valence-corrected chi connectivity index (χ4v) is 0. The predicted octanol–water partition coefficient (Wildman–Crippen LogP) is 1.03. The molecule has 0 aliphatic carbocycles. The molecule has 0 saturated carbocycles. The maximum absolute atomic E-state index is 4.96. The van der Waals surface area contributed by atoms with Gasteiger partial charge in [0.1, 0.15) is 0 Å². The van der Waals surface area contributed by atoms with E-state index in [0.717, 1.165) is 0 Å². The van der Waals surface area contributed by atoms with Crippen LogP contribution in [0.2, 0.25) is 0 Å². The zero-order valence-electron chi connectivity index (χ0n) is 4.71. The first-order valence-electron chi connectivity index (χ1n) is 1.91. The van der Waals surface area contributed by atoms with Crippen molar-refractivity contribution >= 4 is 29.4 Å². The lowest BCUT2D eigenvalue weighted by Gasteiger charge is -2.30. The Morgan fingerprint density at radius 3 is 1.71 bits per heavy atom. The highest BCUT2D eigenvalue weighted by molar-refractivity contribution is 8.53. The van der Waals surface area contributed by atoms with Gasteiger partial charge in [0.25, 0.3) is 0 Å². The van der Waals surface area contributed by atoms with Gasteiger partial charge in [-0.2, -0.15) is 0 Å². The van der Waals surface area contributed by atoms with Gasteiger partial charge >= 0.3 is 0 Å². The molecule has 0 amide bonds. The molecule has 0 heterocycles.